The number of hydrogen-bond donors (Lipinski definition) is 1. The molecule has 6 nitrogen and oxygen atoms in total. The molecule has 21 heavy (non-hydrogen) atoms. The minimum Gasteiger partial charge on any atom is -0.481 e. The summed E-state index contributed by atoms with van der Waals surface area (Å²) in [4.78, 5) is 14.7. The van der Waals surface area contributed by atoms with Gasteiger partial charge >= 0.3 is 0 Å². The number of nitro groups is 1. The molecule has 0 bridgehead atoms. The van der Waals surface area contributed by atoms with Crippen LogP contribution in [-0.2, 0) is 6.54 Å². The van der Waals surface area contributed by atoms with Gasteiger partial charge in [0.25, 0.3) is 5.69 Å². The molecule has 1 N–H and O–H groups in total. The van der Waals surface area contributed by atoms with Gasteiger partial charge in [0.1, 0.15) is 0 Å². The molecule has 0 unspecified atom stereocenters. The first kappa shape index (κ1) is 15.2. The van der Waals surface area contributed by atoms with Gasteiger partial charge in [0.15, 0.2) is 0 Å². The summed E-state index contributed by atoms with van der Waals surface area (Å²) in [6.45, 7) is 2.22. The van der Waals surface area contributed by atoms with Crippen LogP contribution in [0.1, 0.15) is 11.1 Å². The van der Waals surface area contributed by atoms with Crippen LogP contribution in [0.3, 0.4) is 0 Å². The maximum absolute atomic E-state index is 11.0. The molecule has 1 aromatic heterocycles. The average Bonchev–Trinajstić information content (AvgIpc) is 2.46. The second-order valence-electron chi connectivity index (χ2n) is 4.44. The van der Waals surface area contributed by atoms with Crippen molar-refractivity contribution in [1.29, 1.82) is 0 Å². The Bertz CT molecular complexity index is 659. The standard InChI is InChI=1S/C14H14BrN3O3/c1-9-5-11(15)12(6-13(9)18(19)20)16-7-10-3-4-14(21-2)17-8-10/h3-6,8,16H,7H2,1-2H3. The van der Waals surface area contributed by atoms with Crippen LogP contribution >= 0.6 is 15.9 Å². The van der Waals surface area contributed by atoms with E-state index in [1.54, 1.807) is 32.4 Å². The average molecular weight is 352 g/mol. The summed E-state index contributed by atoms with van der Waals surface area (Å²) >= 11 is 3.41. The van der Waals surface area contributed by atoms with Crippen LogP contribution in [0.4, 0.5) is 11.4 Å². The van der Waals surface area contributed by atoms with Gasteiger partial charge in [0, 0.05) is 34.9 Å². The van der Waals surface area contributed by atoms with Gasteiger partial charge in [-0.15, -0.1) is 0 Å². The number of aromatic nitrogens is 1. The zero-order valence-corrected chi connectivity index (χ0v) is 13.2. The van der Waals surface area contributed by atoms with E-state index in [0.29, 0.717) is 23.7 Å². The fraction of sp³-hybridized carbons (Fsp3) is 0.214. The highest BCUT2D eigenvalue weighted by molar-refractivity contribution is 9.10. The van der Waals surface area contributed by atoms with Crippen molar-refractivity contribution in [3.63, 3.8) is 0 Å². The van der Waals surface area contributed by atoms with Crippen molar-refractivity contribution in [1.82, 2.24) is 4.98 Å². The van der Waals surface area contributed by atoms with Crippen molar-refractivity contribution in [3.05, 3.63) is 56.2 Å². The molecule has 0 spiro atoms. The normalized spacial score (nSPS) is 10.2. The summed E-state index contributed by atoms with van der Waals surface area (Å²) in [5.41, 5.74) is 2.33. The topological polar surface area (TPSA) is 77.3 Å². The summed E-state index contributed by atoms with van der Waals surface area (Å²) in [5, 5.41) is 14.1. The number of rotatable bonds is 5. The molecule has 0 atom stereocenters. The molecule has 0 aliphatic heterocycles. The van der Waals surface area contributed by atoms with Crippen LogP contribution in [0.25, 0.3) is 0 Å². The molecule has 2 rings (SSSR count). The minimum atomic E-state index is -0.387. The monoisotopic (exact) mass is 351 g/mol. The number of nitro benzene ring substituents is 1. The van der Waals surface area contributed by atoms with Crippen molar-refractivity contribution in [3.8, 4) is 5.88 Å². The third kappa shape index (κ3) is 3.69. The van der Waals surface area contributed by atoms with Crippen molar-refractivity contribution < 1.29 is 9.66 Å². The predicted molar refractivity (Wildman–Crippen MR) is 83.6 cm³/mol. The molecule has 0 aliphatic carbocycles. The second kappa shape index (κ2) is 6.53. The SMILES string of the molecule is COc1ccc(CNc2cc([N+](=O)[O-])c(C)cc2Br)cn1. The highest BCUT2D eigenvalue weighted by atomic mass is 79.9. The Balaban J connectivity index is 2.15. The number of hydrogen-bond acceptors (Lipinski definition) is 5. The third-order valence-corrected chi connectivity index (χ3v) is 3.63. The number of aryl methyl sites for hydroxylation is 1. The number of anilines is 1. The second-order valence-corrected chi connectivity index (χ2v) is 5.29. The van der Waals surface area contributed by atoms with Crippen molar-refractivity contribution in [2.45, 2.75) is 13.5 Å². The fourth-order valence-electron chi connectivity index (χ4n) is 1.83. The molecule has 7 heteroatoms. The maximum atomic E-state index is 11.0. The summed E-state index contributed by atoms with van der Waals surface area (Å²) < 4.78 is 5.78. The Kier molecular flexibility index (Phi) is 4.74. The number of pyridine rings is 1. The highest BCUT2D eigenvalue weighted by Crippen LogP contribution is 2.30. The van der Waals surface area contributed by atoms with E-state index in [1.165, 1.54) is 6.07 Å². The first-order chi connectivity index (χ1) is 10.0. The van der Waals surface area contributed by atoms with Gasteiger partial charge < -0.3 is 10.1 Å². The van der Waals surface area contributed by atoms with Crippen LogP contribution in [0.15, 0.2) is 34.9 Å². The molecule has 0 saturated carbocycles. The quantitative estimate of drug-likeness (QED) is 0.656. The molecule has 0 saturated heterocycles. The smallest absolute Gasteiger partial charge is 0.274 e. The molecule has 1 aromatic carbocycles. The Morgan fingerprint density at radius 3 is 2.76 bits per heavy atom. The number of benzene rings is 1. The first-order valence-corrected chi connectivity index (χ1v) is 6.98. The minimum absolute atomic E-state index is 0.0913. The summed E-state index contributed by atoms with van der Waals surface area (Å²) in [6, 6.07) is 6.90. The van der Waals surface area contributed by atoms with Gasteiger partial charge in [-0.3, -0.25) is 10.1 Å². The van der Waals surface area contributed by atoms with Gasteiger partial charge in [-0.1, -0.05) is 6.07 Å². The summed E-state index contributed by atoms with van der Waals surface area (Å²) in [6.07, 6.45) is 1.70. The highest BCUT2D eigenvalue weighted by Gasteiger charge is 2.14. The number of ether oxygens (including phenoxy) is 1. The van der Waals surface area contributed by atoms with E-state index < -0.39 is 0 Å². The number of halogens is 1. The molecule has 0 aliphatic rings. The van der Waals surface area contributed by atoms with Gasteiger partial charge in [0.05, 0.1) is 17.7 Å². The van der Waals surface area contributed by atoms with E-state index >= 15 is 0 Å². The Hall–Kier alpha value is -2.15. The largest absolute Gasteiger partial charge is 0.481 e. The van der Waals surface area contributed by atoms with E-state index in [0.717, 1.165) is 10.0 Å². The lowest BCUT2D eigenvalue weighted by Gasteiger charge is -2.10. The molecule has 0 radical (unpaired) electrons. The Morgan fingerprint density at radius 1 is 1.43 bits per heavy atom. The lowest BCUT2D eigenvalue weighted by molar-refractivity contribution is -0.385. The molecule has 1 heterocycles. The van der Waals surface area contributed by atoms with E-state index in [9.17, 15) is 10.1 Å². The van der Waals surface area contributed by atoms with Gasteiger partial charge in [-0.05, 0) is 34.5 Å². The number of methoxy groups -OCH3 is 1. The van der Waals surface area contributed by atoms with Crippen LogP contribution in [-0.4, -0.2) is 17.0 Å². The van der Waals surface area contributed by atoms with Crippen LogP contribution in [0, 0.1) is 17.0 Å². The predicted octanol–water partition coefficient (Wildman–Crippen LogP) is 3.68. The number of nitrogens with zero attached hydrogens (tertiary/aromatic N) is 2. The molecule has 110 valence electrons. The molecular formula is C14H14BrN3O3. The molecule has 2 aromatic rings. The van der Waals surface area contributed by atoms with E-state index in [-0.39, 0.29) is 10.6 Å². The van der Waals surface area contributed by atoms with E-state index in [1.807, 2.05) is 6.07 Å². The summed E-state index contributed by atoms with van der Waals surface area (Å²) in [5.74, 6) is 0.547. The summed E-state index contributed by atoms with van der Waals surface area (Å²) in [7, 11) is 1.56. The lowest BCUT2D eigenvalue weighted by Crippen LogP contribution is -2.02. The van der Waals surface area contributed by atoms with Crippen LogP contribution in [0.5, 0.6) is 5.88 Å². The van der Waals surface area contributed by atoms with Gasteiger partial charge in [-0.25, -0.2) is 4.98 Å². The van der Waals surface area contributed by atoms with Gasteiger partial charge in [0.2, 0.25) is 5.88 Å². The maximum Gasteiger partial charge on any atom is 0.274 e. The van der Waals surface area contributed by atoms with E-state index in [4.69, 9.17) is 4.74 Å². The Labute approximate surface area is 130 Å². The van der Waals surface area contributed by atoms with Crippen molar-refractivity contribution in [2.75, 3.05) is 12.4 Å². The van der Waals surface area contributed by atoms with Crippen LogP contribution in [0.2, 0.25) is 0 Å². The molecule has 0 amide bonds. The van der Waals surface area contributed by atoms with Gasteiger partial charge in [-0.2, -0.15) is 0 Å². The lowest BCUT2D eigenvalue weighted by atomic mass is 10.2. The number of nitrogens with one attached hydrogen (secondary N) is 1. The zero-order valence-electron chi connectivity index (χ0n) is 11.6. The van der Waals surface area contributed by atoms with Crippen molar-refractivity contribution in [2.24, 2.45) is 0 Å². The Morgan fingerprint density at radius 2 is 2.19 bits per heavy atom. The van der Waals surface area contributed by atoms with Crippen molar-refractivity contribution >= 4 is 27.3 Å². The van der Waals surface area contributed by atoms with E-state index in [2.05, 4.69) is 26.2 Å². The molecule has 0 fully saturated rings. The zero-order chi connectivity index (χ0) is 15.4. The van der Waals surface area contributed by atoms with Crippen LogP contribution < -0.4 is 10.1 Å². The fourth-order valence-corrected chi connectivity index (χ4v) is 2.42. The molecular weight excluding hydrogens is 338 g/mol. The third-order valence-electron chi connectivity index (χ3n) is 2.97. The first-order valence-electron chi connectivity index (χ1n) is 6.18.